The van der Waals surface area contributed by atoms with Gasteiger partial charge in [-0.2, -0.15) is 0 Å². The molecule has 0 aliphatic rings. The third kappa shape index (κ3) is 1.66. The first-order chi connectivity index (χ1) is 13.3. The summed E-state index contributed by atoms with van der Waals surface area (Å²) in [4.78, 5) is 0. The van der Waals surface area contributed by atoms with E-state index in [0.717, 1.165) is 32.3 Å². The minimum atomic E-state index is 1.11. The van der Waals surface area contributed by atoms with E-state index in [9.17, 15) is 0 Å². The molecule has 4 aromatic carbocycles. The summed E-state index contributed by atoms with van der Waals surface area (Å²) in [6.07, 6.45) is 10.8. The lowest BCUT2D eigenvalue weighted by atomic mass is 9.91. The van der Waals surface area contributed by atoms with Crippen molar-refractivity contribution in [2.45, 2.75) is 0 Å². The van der Waals surface area contributed by atoms with Crippen LogP contribution in [0.4, 0.5) is 0 Å². The summed E-state index contributed by atoms with van der Waals surface area (Å²) in [5.74, 6) is 0. The third-order valence-corrected chi connectivity index (χ3v) is 5.71. The van der Waals surface area contributed by atoms with Gasteiger partial charge in [0.2, 0.25) is 0 Å². The normalized spacial score (nSPS) is 12.4. The molecule has 0 saturated heterocycles. The van der Waals surface area contributed by atoms with Crippen LogP contribution in [0, 0.1) is 0 Å². The van der Waals surface area contributed by atoms with Crippen LogP contribution in [0.25, 0.3) is 64.6 Å². The van der Waals surface area contributed by atoms with Crippen molar-refractivity contribution in [3.05, 3.63) is 74.0 Å². The van der Waals surface area contributed by atoms with Gasteiger partial charge in [0.1, 0.15) is 0 Å². The minimum Gasteiger partial charge on any atom is -0.471 e. The van der Waals surface area contributed by atoms with Crippen molar-refractivity contribution in [3.8, 4) is 0 Å². The molecule has 0 fully saturated rings. The maximum absolute atomic E-state index is 5.45. The van der Waals surface area contributed by atoms with Crippen LogP contribution in [-0.2, 0) is 0 Å². The number of benzene rings is 4. The average Bonchev–Trinajstić information content (AvgIpc) is 3.43. The van der Waals surface area contributed by atoms with Crippen LogP contribution >= 0.6 is 0 Å². The molecule has 0 N–H and O–H groups in total. The predicted molar refractivity (Wildman–Crippen MR) is 108 cm³/mol. The van der Waals surface area contributed by atoms with Crippen molar-refractivity contribution in [2.75, 3.05) is 0 Å². The van der Waals surface area contributed by atoms with Crippen LogP contribution in [0.5, 0.6) is 0 Å². The van der Waals surface area contributed by atoms with Crippen LogP contribution in [0.1, 0.15) is 0 Å². The van der Waals surface area contributed by atoms with Crippen molar-refractivity contribution < 1.29 is 13.3 Å². The van der Waals surface area contributed by atoms with Gasteiger partial charge in [-0.3, -0.25) is 0 Å². The molecule has 3 nitrogen and oxygen atoms in total. The molecule has 0 bridgehead atoms. The predicted octanol–water partition coefficient (Wildman–Crippen LogP) is 7.38. The SMILES string of the molecule is c1occ2cc3c(cc12)c1cc2cocc2cc1c1cc2cocc2cc31. The molecule has 0 radical (unpaired) electrons. The van der Waals surface area contributed by atoms with E-state index < -0.39 is 0 Å². The number of hydrogen-bond acceptors (Lipinski definition) is 3. The second kappa shape index (κ2) is 4.51. The number of rotatable bonds is 0. The topological polar surface area (TPSA) is 39.4 Å². The van der Waals surface area contributed by atoms with Crippen LogP contribution < -0.4 is 0 Å². The van der Waals surface area contributed by atoms with E-state index >= 15 is 0 Å². The van der Waals surface area contributed by atoms with Crippen molar-refractivity contribution in [1.29, 1.82) is 0 Å². The smallest absolute Gasteiger partial charge is 0.0981 e. The molecule has 0 atom stereocenters. The summed E-state index contributed by atoms with van der Waals surface area (Å²) in [7, 11) is 0. The summed E-state index contributed by atoms with van der Waals surface area (Å²) in [6.45, 7) is 0. The highest BCUT2D eigenvalue weighted by Gasteiger charge is 2.13. The quantitative estimate of drug-likeness (QED) is 0.268. The maximum Gasteiger partial charge on any atom is 0.0981 e. The fourth-order valence-corrected chi connectivity index (χ4v) is 4.39. The summed E-state index contributed by atoms with van der Waals surface area (Å²) in [5.41, 5.74) is 0. The summed E-state index contributed by atoms with van der Waals surface area (Å²) >= 11 is 0. The van der Waals surface area contributed by atoms with Gasteiger partial charge < -0.3 is 13.3 Å². The van der Waals surface area contributed by atoms with Crippen molar-refractivity contribution in [2.24, 2.45) is 0 Å². The van der Waals surface area contributed by atoms with Gasteiger partial charge in [-0.05, 0) is 68.7 Å². The van der Waals surface area contributed by atoms with E-state index in [4.69, 9.17) is 13.3 Å². The van der Waals surface area contributed by atoms with Crippen LogP contribution in [0.15, 0.2) is 87.2 Å². The van der Waals surface area contributed by atoms with E-state index in [1.807, 2.05) is 0 Å². The fraction of sp³-hybridized carbons (Fsp3) is 0. The van der Waals surface area contributed by atoms with E-state index in [2.05, 4.69) is 36.4 Å². The van der Waals surface area contributed by atoms with Gasteiger partial charge in [-0.25, -0.2) is 0 Å². The molecule has 0 aliphatic carbocycles. The first-order valence-corrected chi connectivity index (χ1v) is 8.86. The second-order valence-electron chi connectivity index (χ2n) is 7.20. The Balaban J connectivity index is 1.87. The van der Waals surface area contributed by atoms with Crippen molar-refractivity contribution >= 4 is 64.6 Å². The molecule has 27 heavy (non-hydrogen) atoms. The molecule has 0 aliphatic heterocycles. The highest BCUT2D eigenvalue weighted by molar-refractivity contribution is 6.30. The molecule has 0 amide bonds. The Morgan fingerprint density at radius 1 is 0.296 bits per heavy atom. The van der Waals surface area contributed by atoms with Crippen molar-refractivity contribution in [3.63, 3.8) is 0 Å². The first kappa shape index (κ1) is 13.5. The Labute approximate surface area is 152 Å². The Kier molecular flexibility index (Phi) is 2.25. The minimum absolute atomic E-state index is 1.11. The fourth-order valence-electron chi connectivity index (χ4n) is 4.39. The summed E-state index contributed by atoms with van der Waals surface area (Å²) in [6, 6.07) is 13.3. The largest absolute Gasteiger partial charge is 0.471 e. The Hall–Kier alpha value is -3.72. The van der Waals surface area contributed by atoms with Gasteiger partial charge >= 0.3 is 0 Å². The Bertz CT molecular complexity index is 1330. The van der Waals surface area contributed by atoms with E-state index in [0.29, 0.717) is 0 Å². The average molecular weight is 348 g/mol. The van der Waals surface area contributed by atoms with Gasteiger partial charge in [-0.1, -0.05) is 0 Å². The third-order valence-electron chi connectivity index (χ3n) is 5.71. The number of furan rings is 3. The van der Waals surface area contributed by atoms with Gasteiger partial charge in [0.05, 0.1) is 37.6 Å². The van der Waals surface area contributed by atoms with Crippen LogP contribution in [0.3, 0.4) is 0 Å². The van der Waals surface area contributed by atoms with E-state index in [1.165, 1.54) is 32.3 Å². The first-order valence-electron chi connectivity index (χ1n) is 8.86. The highest BCUT2D eigenvalue weighted by Crippen LogP contribution is 2.40. The lowest BCUT2D eigenvalue weighted by Gasteiger charge is -2.11. The number of hydrogen-bond donors (Lipinski definition) is 0. The molecule has 126 valence electrons. The zero-order valence-corrected chi connectivity index (χ0v) is 14.2. The molecule has 3 heteroatoms. The maximum atomic E-state index is 5.45. The zero-order chi connectivity index (χ0) is 17.5. The zero-order valence-electron chi connectivity index (χ0n) is 14.2. The molecule has 3 aromatic heterocycles. The molecule has 7 aromatic rings. The molecule has 7 rings (SSSR count). The summed E-state index contributed by atoms with van der Waals surface area (Å²) < 4.78 is 16.3. The molecular formula is C24H12O3. The van der Waals surface area contributed by atoms with Crippen molar-refractivity contribution in [1.82, 2.24) is 0 Å². The van der Waals surface area contributed by atoms with Gasteiger partial charge in [0.25, 0.3) is 0 Å². The lowest BCUT2D eigenvalue weighted by molar-refractivity contribution is 0.572. The Morgan fingerprint density at radius 3 is 0.667 bits per heavy atom. The molecule has 0 saturated carbocycles. The lowest BCUT2D eigenvalue weighted by Crippen LogP contribution is -1.84. The standard InChI is InChI=1S/C24H12O3/c1-13-7-25-8-14(13)2-20-19(1)21-3-15-9-26-10-16(15)4-23(21)24-6-18-12-27-11-17(18)5-22(20)24/h1-12H. The molecule has 0 unspecified atom stereocenters. The Morgan fingerprint density at radius 2 is 0.481 bits per heavy atom. The molecule has 0 spiro atoms. The van der Waals surface area contributed by atoms with E-state index in [1.54, 1.807) is 37.6 Å². The van der Waals surface area contributed by atoms with E-state index in [-0.39, 0.29) is 0 Å². The molecular weight excluding hydrogens is 336 g/mol. The number of fused-ring (bicyclic) bond motifs is 9. The summed E-state index contributed by atoms with van der Waals surface area (Å²) in [5, 5.41) is 14.0. The van der Waals surface area contributed by atoms with Gasteiger partial charge in [0, 0.05) is 32.3 Å². The monoisotopic (exact) mass is 348 g/mol. The molecule has 3 heterocycles. The van der Waals surface area contributed by atoms with Gasteiger partial charge in [-0.15, -0.1) is 0 Å². The highest BCUT2D eigenvalue weighted by atomic mass is 16.3. The van der Waals surface area contributed by atoms with Crippen LogP contribution in [-0.4, -0.2) is 0 Å². The van der Waals surface area contributed by atoms with Crippen LogP contribution in [0.2, 0.25) is 0 Å². The second-order valence-corrected chi connectivity index (χ2v) is 7.20. The van der Waals surface area contributed by atoms with Gasteiger partial charge in [0.15, 0.2) is 0 Å².